The van der Waals surface area contributed by atoms with Crippen molar-refractivity contribution in [3.05, 3.63) is 29.8 Å². The van der Waals surface area contributed by atoms with E-state index >= 15 is 0 Å². The van der Waals surface area contributed by atoms with Gasteiger partial charge in [0.2, 0.25) is 0 Å². The molecule has 4 heteroatoms. The number of aromatic hydroxyl groups is 1. The van der Waals surface area contributed by atoms with Gasteiger partial charge in [-0.2, -0.15) is 0 Å². The Morgan fingerprint density at radius 1 is 1.60 bits per heavy atom. The molecule has 15 heavy (non-hydrogen) atoms. The van der Waals surface area contributed by atoms with Gasteiger partial charge in [-0.25, -0.2) is 0 Å². The molecule has 0 spiro atoms. The summed E-state index contributed by atoms with van der Waals surface area (Å²) in [5.74, 6) is -0.583. The average Bonchev–Trinajstić information content (AvgIpc) is 2.62. The fourth-order valence-electron chi connectivity index (χ4n) is 1.69. The molecule has 1 aromatic rings. The van der Waals surface area contributed by atoms with Crippen molar-refractivity contribution in [2.75, 3.05) is 13.2 Å². The predicted octanol–water partition coefficient (Wildman–Crippen LogP) is 0.939. The maximum Gasteiger partial charge on any atom is 0.192 e. The summed E-state index contributed by atoms with van der Waals surface area (Å²) in [7, 11) is 0. The van der Waals surface area contributed by atoms with E-state index in [1.807, 2.05) is 13.0 Å². The number of phenols is 1. The van der Waals surface area contributed by atoms with Gasteiger partial charge in [0.1, 0.15) is 5.75 Å². The fourth-order valence-corrected chi connectivity index (χ4v) is 1.69. The molecule has 1 fully saturated rings. The lowest BCUT2D eigenvalue weighted by Gasteiger charge is -2.23. The molecule has 0 saturated carbocycles. The molecule has 1 aliphatic heterocycles. The molecule has 1 heterocycles. The first-order chi connectivity index (χ1) is 7.14. The standard InChI is InChI=1S/C11H15NO3/c1-11(14-7-10(6-12)15-11)8-3-2-4-9(13)5-8/h2-5,10,13H,6-7,12H2,1H3. The number of rotatable bonds is 2. The fraction of sp³-hybridized carbons (Fsp3) is 0.455. The van der Waals surface area contributed by atoms with Gasteiger partial charge in [-0.3, -0.25) is 0 Å². The van der Waals surface area contributed by atoms with Crippen molar-refractivity contribution in [3.63, 3.8) is 0 Å². The van der Waals surface area contributed by atoms with E-state index in [1.54, 1.807) is 18.2 Å². The monoisotopic (exact) mass is 209 g/mol. The molecular weight excluding hydrogens is 194 g/mol. The van der Waals surface area contributed by atoms with Crippen LogP contribution in [0.2, 0.25) is 0 Å². The van der Waals surface area contributed by atoms with E-state index in [0.717, 1.165) is 5.56 Å². The normalized spacial score (nSPS) is 30.7. The molecule has 2 atom stereocenters. The minimum Gasteiger partial charge on any atom is -0.508 e. The lowest BCUT2D eigenvalue weighted by atomic mass is 10.1. The van der Waals surface area contributed by atoms with Crippen LogP contribution in [0.25, 0.3) is 0 Å². The molecule has 1 aromatic carbocycles. The van der Waals surface area contributed by atoms with E-state index in [0.29, 0.717) is 13.2 Å². The van der Waals surface area contributed by atoms with Crippen molar-refractivity contribution in [2.24, 2.45) is 5.73 Å². The largest absolute Gasteiger partial charge is 0.508 e. The van der Waals surface area contributed by atoms with Crippen molar-refractivity contribution in [3.8, 4) is 5.75 Å². The molecule has 2 unspecified atom stereocenters. The Kier molecular flexibility index (Phi) is 2.65. The smallest absolute Gasteiger partial charge is 0.192 e. The molecule has 82 valence electrons. The summed E-state index contributed by atoms with van der Waals surface area (Å²) in [5.41, 5.74) is 6.31. The number of ether oxygens (including phenoxy) is 2. The third-order valence-corrected chi connectivity index (χ3v) is 2.57. The highest BCUT2D eigenvalue weighted by Gasteiger charge is 2.38. The molecule has 0 bridgehead atoms. The molecule has 1 saturated heterocycles. The molecule has 0 aliphatic carbocycles. The predicted molar refractivity (Wildman–Crippen MR) is 55.3 cm³/mol. The Bertz CT molecular complexity index is 355. The van der Waals surface area contributed by atoms with E-state index < -0.39 is 5.79 Å². The van der Waals surface area contributed by atoms with Crippen molar-refractivity contribution in [1.82, 2.24) is 0 Å². The Morgan fingerprint density at radius 3 is 3.00 bits per heavy atom. The van der Waals surface area contributed by atoms with Crippen LogP contribution in [-0.2, 0) is 15.3 Å². The van der Waals surface area contributed by atoms with E-state index in [9.17, 15) is 5.11 Å². The first kappa shape index (κ1) is 10.4. The van der Waals surface area contributed by atoms with Crippen molar-refractivity contribution >= 4 is 0 Å². The van der Waals surface area contributed by atoms with Crippen LogP contribution in [0.15, 0.2) is 24.3 Å². The SMILES string of the molecule is CC1(c2cccc(O)c2)OCC(CN)O1. The summed E-state index contributed by atoms with van der Waals surface area (Å²) in [6.45, 7) is 2.76. The van der Waals surface area contributed by atoms with Gasteiger partial charge in [0, 0.05) is 12.1 Å². The van der Waals surface area contributed by atoms with Crippen LogP contribution in [0.4, 0.5) is 0 Å². The van der Waals surface area contributed by atoms with E-state index in [2.05, 4.69) is 0 Å². The number of hydrogen-bond acceptors (Lipinski definition) is 4. The van der Waals surface area contributed by atoms with Crippen LogP contribution in [-0.4, -0.2) is 24.4 Å². The second-order valence-corrected chi connectivity index (χ2v) is 3.78. The number of nitrogens with two attached hydrogens (primary N) is 1. The quantitative estimate of drug-likeness (QED) is 0.760. The van der Waals surface area contributed by atoms with Crippen LogP contribution < -0.4 is 5.73 Å². The highest BCUT2D eigenvalue weighted by Crippen LogP contribution is 2.34. The minimum absolute atomic E-state index is 0.0719. The molecule has 4 nitrogen and oxygen atoms in total. The Hall–Kier alpha value is -1.10. The zero-order valence-corrected chi connectivity index (χ0v) is 8.64. The molecule has 0 amide bonds. The first-order valence-electron chi connectivity index (χ1n) is 4.95. The third-order valence-electron chi connectivity index (χ3n) is 2.57. The minimum atomic E-state index is -0.789. The summed E-state index contributed by atoms with van der Waals surface area (Å²) in [4.78, 5) is 0. The van der Waals surface area contributed by atoms with Crippen LogP contribution in [0.3, 0.4) is 0 Å². The first-order valence-corrected chi connectivity index (χ1v) is 4.95. The summed E-state index contributed by atoms with van der Waals surface area (Å²) >= 11 is 0. The van der Waals surface area contributed by atoms with E-state index in [-0.39, 0.29) is 11.9 Å². The zero-order valence-electron chi connectivity index (χ0n) is 8.64. The Balaban J connectivity index is 2.23. The van der Waals surface area contributed by atoms with E-state index in [4.69, 9.17) is 15.2 Å². The third kappa shape index (κ3) is 1.97. The van der Waals surface area contributed by atoms with Gasteiger partial charge < -0.3 is 20.3 Å². The maximum absolute atomic E-state index is 9.38. The average molecular weight is 209 g/mol. The summed E-state index contributed by atoms with van der Waals surface area (Å²) in [6.07, 6.45) is -0.0719. The van der Waals surface area contributed by atoms with Crippen LogP contribution in [0.5, 0.6) is 5.75 Å². The summed E-state index contributed by atoms with van der Waals surface area (Å²) < 4.78 is 11.3. The van der Waals surface area contributed by atoms with Gasteiger partial charge in [0.05, 0.1) is 12.7 Å². The lowest BCUT2D eigenvalue weighted by Crippen LogP contribution is -2.27. The molecule has 3 N–H and O–H groups in total. The van der Waals surface area contributed by atoms with Gasteiger partial charge in [0.25, 0.3) is 0 Å². The summed E-state index contributed by atoms with van der Waals surface area (Å²) in [5, 5.41) is 9.38. The topological polar surface area (TPSA) is 64.7 Å². The second kappa shape index (κ2) is 3.81. The lowest BCUT2D eigenvalue weighted by molar-refractivity contribution is -0.160. The Morgan fingerprint density at radius 2 is 2.40 bits per heavy atom. The van der Waals surface area contributed by atoms with Gasteiger partial charge in [-0.1, -0.05) is 12.1 Å². The molecule has 0 radical (unpaired) electrons. The summed E-state index contributed by atoms with van der Waals surface area (Å²) in [6, 6.07) is 6.87. The molecule has 1 aliphatic rings. The van der Waals surface area contributed by atoms with E-state index in [1.165, 1.54) is 0 Å². The molecule has 2 rings (SSSR count). The van der Waals surface area contributed by atoms with Gasteiger partial charge in [0.15, 0.2) is 5.79 Å². The number of benzene rings is 1. The van der Waals surface area contributed by atoms with Gasteiger partial charge >= 0.3 is 0 Å². The highest BCUT2D eigenvalue weighted by atomic mass is 16.7. The number of phenolic OH excluding ortho intramolecular Hbond substituents is 1. The maximum atomic E-state index is 9.38. The van der Waals surface area contributed by atoms with Crippen molar-refractivity contribution < 1.29 is 14.6 Å². The molecular formula is C11H15NO3. The second-order valence-electron chi connectivity index (χ2n) is 3.78. The van der Waals surface area contributed by atoms with Crippen LogP contribution >= 0.6 is 0 Å². The van der Waals surface area contributed by atoms with Crippen molar-refractivity contribution in [1.29, 1.82) is 0 Å². The molecule has 0 aromatic heterocycles. The number of hydrogen-bond donors (Lipinski definition) is 2. The van der Waals surface area contributed by atoms with Gasteiger partial charge in [-0.15, -0.1) is 0 Å². The zero-order chi connectivity index (χ0) is 10.9. The Labute approximate surface area is 88.6 Å². The highest BCUT2D eigenvalue weighted by molar-refractivity contribution is 5.30. The van der Waals surface area contributed by atoms with Gasteiger partial charge in [-0.05, 0) is 19.1 Å². The van der Waals surface area contributed by atoms with Crippen LogP contribution in [0, 0.1) is 0 Å². The van der Waals surface area contributed by atoms with Crippen molar-refractivity contribution in [2.45, 2.75) is 18.8 Å². The van der Waals surface area contributed by atoms with Crippen LogP contribution in [0.1, 0.15) is 12.5 Å².